The summed E-state index contributed by atoms with van der Waals surface area (Å²) in [6.07, 6.45) is 2.96. The van der Waals surface area contributed by atoms with Crippen molar-refractivity contribution in [3.8, 4) is 5.75 Å². The van der Waals surface area contributed by atoms with Crippen molar-refractivity contribution in [3.05, 3.63) is 36.4 Å². The third-order valence-electron chi connectivity index (χ3n) is 1.80. The van der Waals surface area contributed by atoms with E-state index in [2.05, 4.69) is 0 Å². The van der Waals surface area contributed by atoms with E-state index < -0.39 is 5.97 Å². The molecule has 0 fully saturated rings. The zero-order valence-corrected chi connectivity index (χ0v) is 10.7. The highest BCUT2D eigenvalue weighted by molar-refractivity contribution is 7.99. The summed E-state index contributed by atoms with van der Waals surface area (Å²) in [4.78, 5) is 11.3. The number of carboxylic acids is 1. The number of hydrogen-bond acceptors (Lipinski definition) is 3. The van der Waals surface area contributed by atoms with Crippen molar-refractivity contribution >= 4 is 17.7 Å². The van der Waals surface area contributed by atoms with Gasteiger partial charge in [-0.25, -0.2) is 4.79 Å². The largest absolute Gasteiger partial charge is 0.491 e. The molecule has 0 aliphatic rings. The van der Waals surface area contributed by atoms with Gasteiger partial charge in [0.05, 0.1) is 6.10 Å². The lowest BCUT2D eigenvalue weighted by Crippen LogP contribution is -2.04. The lowest BCUT2D eigenvalue weighted by Gasteiger charge is -2.09. The predicted octanol–water partition coefficient (Wildman–Crippen LogP) is 3.21. The Kier molecular flexibility index (Phi) is 5.63. The summed E-state index contributed by atoms with van der Waals surface area (Å²) < 4.78 is 5.53. The van der Waals surface area contributed by atoms with Gasteiger partial charge in [0, 0.05) is 16.7 Å². The first-order valence-electron chi connectivity index (χ1n) is 5.37. The van der Waals surface area contributed by atoms with E-state index in [1.54, 1.807) is 17.8 Å². The Morgan fingerprint density at radius 3 is 2.59 bits per heavy atom. The van der Waals surface area contributed by atoms with Crippen molar-refractivity contribution in [2.45, 2.75) is 24.8 Å². The summed E-state index contributed by atoms with van der Waals surface area (Å²) in [5, 5.41) is 8.42. The summed E-state index contributed by atoms with van der Waals surface area (Å²) in [6, 6.07) is 7.78. The van der Waals surface area contributed by atoms with Gasteiger partial charge in [-0.1, -0.05) is 6.08 Å². The van der Waals surface area contributed by atoms with Crippen LogP contribution in [0.2, 0.25) is 0 Å². The van der Waals surface area contributed by atoms with Crippen LogP contribution in [0, 0.1) is 0 Å². The average Bonchev–Trinajstić information content (AvgIpc) is 2.25. The SMILES string of the molecule is CC(C)Oc1ccc(SC/C=C/C(=O)O)cc1. The highest BCUT2D eigenvalue weighted by atomic mass is 32.2. The molecule has 4 heteroatoms. The van der Waals surface area contributed by atoms with E-state index in [0.717, 1.165) is 16.7 Å². The maximum Gasteiger partial charge on any atom is 0.328 e. The van der Waals surface area contributed by atoms with Crippen LogP contribution in [0.4, 0.5) is 0 Å². The molecule has 1 aromatic rings. The fourth-order valence-corrected chi connectivity index (χ4v) is 1.89. The van der Waals surface area contributed by atoms with Gasteiger partial charge in [-0.05, 0) is 38.1 Å². The molecular formula is C13H16O3S. The Hall–Kier alpha value is -1.42. The van der Waals surface area contributed by atoms with Gasteiger partial charge >= 0.3 is 5.97 Å². The van der Waals surface area contributed by atoms with E-state index in [4.69, 9.17) is 9.84 Å². The molecule has 0 bridgehead atoms. The van der Waals surface area contributed by atoms with Crippen LogP contribution >= 0.6 is 11.8 Å². The van der Waals surface area contributed by atoms with Crippen LogP contribution in [0.3, 0.4) is 0 Å². The van der Waals surface area contributed by atoms with Crippen LogP contribution in [0.15, 0.2) is 41.3 Å². The molecule has 0 atom stereocenters. The van der Waals surface area contributed by atoms with Crippen molar-refractivity contribution < 1.29 is 14.6 Å². The Bertz CT molecular complexity index is 382. The summed E-state index contributed by atoms with van der Waals surface area (Å²) in [6.45, 7) is 3.97. The molecule has 0 heterocycles. The van der Waals surface area contributed by atoms with Crippen molar-refractivity contribution in [1.82, 2.24) is 0 Å². The van der Waals surface area contributed by atoms with Gasteiger partial charge < -0.3 is 9.84 Å². The Morgan fingerprint density at radius 2 is 2.06 bits per heavy atom. The zero-order chi connectivity index (χ0) is 12.7. The van der Waals surface area contributed by atoms with E-state index in [1.165, 1.54) is 0 Å². The van der Waals surface area contributed by atoms with E-state index in [1.807, 2.05) is 38.1 Å². The number of hydrogen-bond donors (Lipinski definition) is 1. The molecule has 17 heavy (non-hydrogen) atoms. The van der Waals surface area contributed by atoms with Gasteiger partial charge in [-0.15, -0.1) is 11.8 Å². The molecule has 3 nitrogen and oxygen atoms in total. The van der Waals surface area contributed by atoms with Gasteiger partial charge in [0.2, 0.25) is 0 Å². The second kappa shape index (κ2) is 7.01. The second-order valence-corrected chi connectivity index (χ2v) is 4.78. The molecule has 0 unspecified atom stereocenters. The molecule has 0 amide bonds. The van der Waals surface area contributed by atoms with Gasteiger partial charge in [0.1, 0.15) is 5.75 Å². The topological polar surface area (TPSA) is 46.5 Å². The lowest BCUT2D eigenvalue weighted by atomic mass is 10.3. The first kappa shape index (κ1) is 13.6. The molecule has 0 spiro atoms. The number of ether oxygens (including phenoxy) is 1. The fourth-order valence-electron chi connectivity index (χ4n) is 1.18. The summed E-state index contributed by atoms with van der Waals surface area (Å²) in [5.41, 5.74) is 0. The van der Waals surface area contributed by atoms with Crippen molar-refractivity contribution in [1.29, 1.82) is 0 Å². The van der Waals surface area contributed by atoms with E-state index >= 15 is 0 Å². The normalized spacial score (nSPS) is 11.0. The third-order valence-corrected chi connectivity index (χ3v) is 2.77. The predicted molar refractivity (Wildman–Crippen MR) is 69.7 cm³/mol. The Balaban J connectivity index is 2.43. The second-order valence-electron chi connectivity index (χ2n) is 3.69. The van der Waals surface area contributed by atoms with Crippen molar-refractivity contribution in [2.75, 3.05) is 5.75 Å². The van der Waals surface area contributed by atoms with Gasteiger partial charge in [0.15, 0.2) is 0 Å². The van der Waals surface area contributed by atoms with Crippen molar-refractivity contribution in [3.63, 3.8) is 0 Å². The minimum absolute atomic E-state index is 0.173. The number of rotatable bonds is 6. The molecule has 0 aliphatic carbocycles. The van der Waals surface area contributed by atoms with E-state index in [9.17, 15) is 4.79 Å². The van der Waals surface area contributed by atoms with Crippen LogP contribution < -0.4 is 4.74 Å². The summed E-state index contributed by atoms with van der Waals surface area (Å²) in [7, 11) is 0. The number of carboxylic acid groups (broad SMARTS) is 1. The molecule has 1 aromatic carbocycles. The van der Waals surface area contributed by atoms with Gasteiger partial charge in [-0.3, -0.25) is 0 Å². The number of thioether (sulfide) groups is 1. The van der Waals surface area contributed by atoms with Crippen LogP contribution in [-0.4, -0.2) is 22.9 Å². The van der Waals surface area contributed by atoms with Crippen LogP contribution in [0.1, 0.15) is 13.8 Å². The Morgan fingerprint density at radius 1 is 1.41 bits per heavy atom. The van der Waals surface area contributed by atoms with Crippen molar-refractivity contribution in [2.24, 2.45) is 0 Å². The van der Waals surface area contributed by atoms with Crippen LogP contribution in [-0.2, 0) is 4.79 Å². The van der Waals surface area contributed by atoms with Gasteiger partial charge in [-0.2, -0.15) is 0 Å². The minimum Gasteiger partial charge on any atom is -0.491 e. The van der Waals surface area contributed by atoms with Crippen LogP contribution in [0.5, 0.6) is 5.75 Å². The Labute approximate surface area is 105 Å². The summed E-state index contributed by atoms with van der Waals surface area (Å²) >= 11 is 1.58. The monoisotopic (exact) mass is 252 g/mol. The molecule has 92 valence electrons. The highest BCUT2D eigenvalue weighted by Crippen LogP contribution is 2.21. The van der Waals surface area contributed by atoms with E-state index in [0.29, 0.717) is 5.75 Å². The molecule has 1 rings (SSSR count). The minimum atomic E-state index is -0.911. The number of carbonyl (C=O) groups is 1. The molecule has 0 aromatic heterocycles. The lowest BCUT2D eigenvalue weighted by molar-refractivity contribution is -0.131. The maximum absolute atomic E-state index is 10.2. The van der Waals surface area contributed by atoms with Crippen LogP contribution in [0.25, 0.3) is 0 Å². The third kappa shape index (κ3) is 6.02. The molecule has 1 N–H and O–H groups in total. The standard InChI is InChI=1S/C13H16O3S/c1-10(2)16-11-5-7-12(8-6-11)17-9-3-4-13(14)15/h3-8,10H,9H2,1-2H3,(H,14,15)/b4-3+. The number of benzene rings is 1. The quantitative estimate of drug-likeness (QED) is 0.624. The molecule has 0 radical (unpaired) electrons. The first-order chi connectivity index (χ1) is 8.08. The summed E-state index contributed by atoms with van der Waals surface area (Å²) in [5.74, 6) is 0.591. The molecule has 0 saturated carbocycles. The average molecular weight is 252 g/mol. The zero-order valence-electron chi connectivity index (χ0n) is 9.92. The van der Waals surface area contributed by atoms with E-state index in [-0.39, 0.29) is 6.10 Å². The fraction of sp³-hybridized carbons (Fsp3) is 0.308. The van der Waals surface area contributed by atoms with Gasteiger partial charge in [0.25, 0.3) is 0 Å². The number of aliphatic carboxylic acids is 1. The molecular weight excluding hydrogens is 236 g/mol. The smallest absolute Gasteiger partial charge is 0.328 e. The molecule has 0 aliphatic heterocycles. The highest BCUT2D eigenvalue weighted by Gasteiger charge is 1.98. The first-order valence-corrected chi connectivity index (χ1v) is 6.35. The maximum atomic E-state index is 10.2. The molecule has 0 saturated heterocycles.